The van der Waals surface area contributed by atoms with Crippen molar-refractivity contribution in [3.05, 3.63) is 34.1 Å². The van der Waals surface area contributed by atoms with Crippen LogP contribution < -0.4 is 5.32 Å². The topological polar surface area (TPSA) is 29.1 Å². The van der Waals surface area contributed by atoms with Crippen molar-refractivity contribution in [2.45, 2.75) is 25.1 Å². The smallest absolute Gasteiger partial charge is 0.127 e. The molecular formula is C12H17BrFNOS. The van der Waals surface area contributed by atoms with Crippen LogP contribution in [0.5, 0.6) is 0 Å². The maximum Gasteiger partial charge on any atom is 0.127 e. The van der Waals surface area contributed by atoms with E-state index >= 15 is 0 Å². The summed E-state index contributed by atoms with van der Waals surface area (Å²) in [5.41, 5.74) is 0.643. The normalized spacial score (nSPS) is 14.6. The summed E-state index contributed by atoms with van der Waals surface area (Å²) < 4.78 is 25.4. The average Bonchev–Trinajstić information content (AvgIpc) is 2.28. The molecule has 0 aliphatic carbocycles. The van der Waals surface area contributed by atoms with Crippen LogP contribution >= 0.6 is 15.9 Å². The van der Waals surface area contributed by atoms with Gasteiger partial charge in [0.2, 0.25) is 0 Å². The second-order valence-corrected chi connectivity index (χ2v) is 6.73. The van der Waals surface area contributed by atoms with E-state index in [1.54, 1.807) is 18.4 Å². The van der Waals surface area contributed by atoms with Crippen molar-refractivity contribution in [2.24, 2.45) is 0 Å². The molecule has 96 valence electrons. The second-order valence-electron chi connectivity index (χ2n) is 4.01. The zero-order chi connectivity index (χ0) is 12.8. The summed E-state index contributed by atoms with van der Waals surface area (Å²) in [7, 11) is -0.788. The van der Waals surface area contributed by atoms with E-state index < -0.39 is 10.8 Å². The highest BCUT2D eigenvalue weighted by Crippen LogP contribution is 2.15. The summed E-state index contributed by atoms with van der Waals surface area (Å²) in [6.45, 7) is 3.19. The molecule has 2 atom stereocenters. The molecule has 0 aromatic heterocycles. The third kappa shape index (κ3) is 5.27. The van der Waals surface area contributed by atoms with Gasteiger partial charge in [-0.05, 0) is 31.2 Å². The molecular weight excluding hydrogens is 305 g/mol. The molecule has 1 rings (SSSR count). The van der Waals surface area contributed by atoms with E-state index in [0.717, 1.165) is 17.4 Å². The van der Waals surface area contributed by atoms with Crippen LogP contribution in [0.4, 0.5) is 4.39 Å². The molecule has 17 heavy (non-hydrogen) atoms. The van der Waals surface area contributed by atoms with Crippen molar-refractivity contribution < 1.29 is 8.60 Å². The molecule has 0 spiro atoms. The molecule has 2 unspecified atom stereocenters. The lowest BCUT2D eigenvalue weighted by Crippen LogP contribution is -2.21. The van der Waals surface area contributed by atoms with Crippen LogP contribution in [0.25, 0.3) is 0 Å². The van der Waals surface area contributed by atoms with Crippen molar-refractivity contribution in [3.63, 3.8) is 0 Å². The molecule has 0 radical (unpaired) electrons. The van der Waals surface area contributed by atoms with Crippen LogP contribution in [0.2, 0.25) is 0 Å². The second kappa shape index (κ2) is 7.24. The van der Waals surface area contributed by atoms with Crippen LogP contribution in [-0.2, 0) is 17.3 Å². The fourth-order valence-electron chi connectivity index (χ4n) is 1.37. The van der Waals surface area contributed by atoms with Gasteiger partial charge in [0.1, 0.15) is 5.82 Å². The van der Waals surface area contributed by atoms with Crippen LogP contribution in [0.15, 0.2) is 22.7 Å². The van der Waals surface area contributed by atoms with E-state index in [2.05, 4.69) is 21.2 Å². The molecule has 0 heterocycles. The lowest BCUT2D eigenvalue weighted by molar-refractivity contribution is 0.578. The number of nitrogens with one attached hydrogen (secondary N) is 1. The minimum Gasteiger partial charge on any atom is -0.313 e. The monoisotopic (exact) mass is 321 g/mol. The number of benzene rings is 1. The summed E-state index contributed by atoms with van der Waals surface area (Å²) in [4.78, 5) is 0. The van der Waals surface area contributed by atoms with Crippen LogP contribution in [0.1, 0.15) is 18.9 Å². The van der Waals surface area contributed by atoms with E-state index in [0.29, 0.717) is 12.1 Å². The van der Waals surface area contributed by atoms with Crippen LogP contribution in [-0.4, -0.2) is 22.3 Å². The first kappa shape index (κ1) is 14.8. The van der Waals surface area contributed by atoms with Gasteiger partial charge in [-0.3, -0.25) is 4.21 Å². The van der Waals surface area contributed by atoms with Crippen molar-refractivity contribution >= 4 is 26.7 Å². The number of hydrogen-bond acceptors (Lipinski definition) is 2. The molecule has 1 aromatic rings. The zero-order valence-electron chi connectivity index (χ0n) is 10.0. The molecule has 0 fully saturated rings. The Kier molecular flexibility index (Phi) is 6.30. The van der Waals surface area contributed by atoms with E-state index in [4.69, 9.17) is 0 Å². The minimum absolute atomic E-state index is 0.176. The summed E-state index contributed by atoms with van der Waals surface area (Å²) in [6, 6.07) is 4.90. The van der Waals surface area contributed by atoms with Gasteiger partial charge in [0.25, 0.3) is 0 Å². The van der Waals surface area contributed by atoms with Crippen molar-refractivity contribution in [1.82, 2.24) is 5.32 Å². The molecule has 1 aromatic carbocycles. The van der Waals surface area contributed by atoms with Gasteiger partial charge in [-0.25, -0.2) is 4.39 Å². The summed E-state index contributed by atoms with van der Waals surface area (Å²) in [6.07, 6.45) is 2.54. The Labute approximate surface area is 113 Å². The van der Waals surface area contributed by atoms with Gasteiger partial charge in [0.05, 0.1) is 0 Å². The average molecular weight is 322 g/mol. The number of hydrogen-bond donors (Lipinski definition) is 1. The predicted molar refractivity (Wildman–Crippen MR) is 74.0 cm³/mol. The Morgan fingerprint density at radius 3 is 2.88 bits per heavy atom. The lowest BCUT2D eigenvalue weighted by Gasteiger charge is -2.10. The lowest BCUT2D eigenvalue weighted by atomic mass is 10.2. The predicted octanol–water partition coefficient (Wildman–Crippen LogP) is 2.83. The number of halogens is 2. The molecule has 0 saturated heterocycles. The van der Waals surface area contributed by atoms with Gasteiger partial charge in [-0.1, -0.05) is 22.9 Å². The van der Waals surface area contributed by atoms with Gasteiger partial charge in [-0.15, -0.1) is 0 Å². The van der Waals surface area contributed by atoms with Crippen molar-refractivity contribution in [2.75, 3.05) is 12.8 Å². The third-order valence-electron chi connectivity index (χ3n) is 2.62. The van der Waals surface area contributed by atoms with Crippen molar-refractivity contribution in [3.8, 4) is 0 Å². The van der Waals surface area contributed by atoms with E-state index in [9.17, 15) is 8.60 Å². The van der Waals surface area contributed by atoms with Crippen molar-refractivity contribution in [1.29, 1.82) is 0 Å². The fraction of sp³-hybridized carbons (Fsp3) is 0.500. The Morgan fingerprint density at radius 2 is 2.24 bits per heavy atom. The fourth-order valence-corrected chi connectivity index (χ4v) is 2.23. The largest absolute Gasteiger partial charge is 0.313 e. The highest BCUT2D eigenvalue weighted by Gasteiger charge is 2.06. The first-order valence-electron chi connectivity index (χ1n) is 5.47. The first-order chi connectivity index (χ1) is 8.00. The molecule has 0 amide bonds. The van der Waals surface area contributed by atoms with Gasteiger partial charge in [0.15, 0.2) is 0 Å². The standard InChI is InChI=1S/C12H17BrFNOS/c1-9(17(2)16)5-6-15-8-10-7-11(13)3-4-12(10)14/h3-4,7,9,15H,5-6,8H2,1-2H3. The Bertz CT molecular complexity index is 400. The maximum absolute atomic E-state index is 13.4. The molecule has 0 bridgehead atoms. The first-order valence-corrected chi connectivity index (χ1v) is 7.89. The maximum atomic E-state index is 13.4. The van der Waals surface area contributed by atoms with E-state index in [-0.39, 0.29) is 11.1 Å². The molecule has 0 aliphatic heterocycles. The summed E-state index contributed by atoms with van der Waals surface area (Å²) >= 11 is 3.31. The third-order valence-corrected chi connectivity index (χ3v) is 4.48. The summed E-state index contributed by atoms with van der Waals surface area (Å²) in [5, 5.41) is 3.34. The Hall–Kier alpha value is -0.260. The van der Waals surface area contributed by atoms with E-state index in [1.165, 1.54) is 6.07 Å². The highest BCUT2D eigenvalue weighted by molar-refractivity contribution is 9.10. The SMILES string of the molecule is CC(CCNCc1cc(Br)ccc1F)S(C)=O. The van der Waals surface area contributed by atoms with Gasteiger partial charge in [0, 0.05) is 38.9 Å². The van der Waals surface area contributed by atoms with Crippen LogP contribution in [0, 0.1) is 5.82 Å². The summed E-state index contributed by atoms with van der Waals surface area (Å²) in [5.74, 6) is -0.201. The highest BCUT2D eigenvalue weighted by atomic mass is 79.9. The molecule has 0 saturated carbocycles. The van der Waals surface area contributed by atoms with Crippen LogP contribution in [0.3, 0.4) is 0 Å². The molecule has 1 N–H and O–H groups in total. The van der Waals surface area contributed by atoms with Gasteiger partial charge in [-0.2, -0.15) is 0 Å². The minimum atomic E-state index is -0.788. The Morgan fingerprint density at radius 1 is 1.53 bits per heavy atom. The van der Waals surface area contributed by atoms with Gasteiger partial charge >= 0.3 is 0 Å². The molecule has 0 aliphatic rings. The quantitative estimate of drug-likeness (QED) is 0.816. The van der Waals surface area contributed by atoms with Gasteiger partial charge < -0.3 is 5.32 Å². The molecule has 2 nitrogen and oxygen atoms in total. The number of rotatable bonds is 6. The Balaban J connectivity index is 2.36. The van der Waals surface area contributed by atoms with E-state index in [1.807, 2.05) is 6.92 Å². The zero-order valence-corrected chi connectivity index (χ0v) is 12.4. The molecule has 5 heteroatoms.